The van der Waals surface area contributed by atoms with Crippen LogP contribution in [0.1, 0.15) is 36.2 Å². The number of anilines is 2. The lowest BCUT2D eigenvalue weighted by atomic mass is 10.1. The summed E-state index contributed by atoms with van der Waals surface area (Å²) in [7, 11) is -2.29. The third-order valence-corrected chi connectivity index (χ3v) is 5.81. The van der Waals surface area contributed by atoms with Gasteiger partial charge in [0.05, 0.1) is 31.2 Å². The summed E-state index contributed by atoms with van der Waals surface area (Å²) in [4.78, 5) is 25.0. The average molecular weight is 449 g/mol. The van der Waals surface area contributed by atoms with E-state index in [1.807, 2.05) is 0 Å². The molecule has 0 fully saturated rings. The van der Waals surface area contributed by atoms with Crippen LogP contribution >= 0.6 is 0 Å². The monoisotopic (exact) mass is 448 g/mol. The third-order valence-electron chi connectivity index (χ3n) is 4.63. The number of nitrogens with one attached hydrogen (secondary N) is 1. The number of ether oxygens (including phenoxy) is 2. The maximum absolute atomic E-state index is 13.1. The van der Waals surface area contributed by atoms with E-state index in [-0.39, 0.29) is 13.0 Å². The van der Waals surface area contributed by atoms with Crippen LogP contribution in [0.15, 0.2) is 42.5 Å². The maximum atomic E-state index is 13.1. The minimum Gasteiger partial charge on any atom is -0.497 e. The van der Waals surface area contributed by atoms with E-state index in [1.165, 1.54) is 7.11 Å². The van der Waals surface area contributed by atoms with Gasteiger partial charge in [-0.3, -0.25) is 9.10 Å². The first kappa shape index (κ1) is 24.2. The van der Waals surface area contributed by atoms with Gasteiger partial charge in [-0.05, 0) is 56.2 Å². The molecule has 1 atom stereocenters. The van der Waals surface area contributed by atoms with Gasteiger partial charge in [0.15, 0.2) is 0 Å². The third kappa shape index (κ3) is 5.97. The predicted molar refractivity (Wildman–Crippen MR) is 120 cm³/mol. The molecule has 8 nitrogen and oxygen atoms in total. The Balaban J connectivity index is 2.35. The quantitative estimate of drug-likeness (QED) is 0.590. The number of hydrogen-bond donors (Lipinski definition) is 1. The molecule has 2 aromatic carbocycles. The number of amides is 1. The molecule has 0 spiro atoms. The van der Waals surface area contributed by atoms with Crippen LogP contribution < -0.4 is 14.4 Å². The van der Waals surface area contributed by atoms with Crippen molar-refractivity contribution in [2.75, 3.05) is 29.6 Å². The van der Waals surface area contributed by atoms with E-state index in [4.69, 9.17) is 9.47 Å². The van der Waals surface area contributed by atoms with Crippen LogP contribution in [0.25, 0.3) is 0 Å². The Kier molecular flexibility index (Phi) is 8.04. The van der Waals surface area contributed by atoms with Gasteiger partial charge in [-0.25, -0.2) is 13.2 Å². The summed E-state index contributed by atoms with van der Waals surface area (Å²) in [5, 5.41) is 2.78. The van der Waals surface area contributed by atoms with E-state index >= 15 is 0 Å². The van der Waals surface area contributed by atoms with Crippen molar-refractivity contribution < 1.29 is 27.5 Å². The molecule has 0 bridgehead atoms. The second-order valence-electron chi connectivity index (χ2n) is 6.92. The lowest BCUT2D eigenvalue weighted by Crippen LogP contribution is -2.47. The standard InChI is InChI=1S/C22H28N2O6S/c1-6-20(24(31(5,27)28)17-9-8-10-18(14-17)29-4)21(25)23-19-12-11-16(13-15(19)3)22(26)30-7-2/h8-14,20H,6-7H2,1-5H3,(H,23,25)/t20-/m0/s1. The maximum Gasteiger partial charge on any atom is 0.338 e. The van der Waals surface area contributed by atoms with Gasteiger partial charge in [-0.2, -0.15) is 0 Å². The highest BCUT2D eigenvalue weighted by Crippen LogP contribution is 2.27. The fourth-order valence-electron chi connectivity index (χ4n) is 3.17. The molecule has 0 heterocycles. The molecule has 0 aromatic heterocycles. The molecule has 168 valence electrons. The van der Waals surface area contributed by atoms with Gasteiger partial charge in [0.1, 0.15) is 11.8 Å². The van der Waals surface area contributed by atoms with Crippen LogP contribution in [0.5, 0.6) is 5.75 Å². The Morgan fingerprint density at radius 2 is 1.84 bits per heavy atom. The van der Waals surface area contributed by atoms with E-state index in [9.17, 15) is 18.0 Å². The zero-order valence-corrected chi connectivity index (χ0v) is 19.2. The van der Waals surface area contributed by atoms with Crippen molar-refractivity contribution in [1.29, 1.82) is 0 Å². The topological polar surface area (TPSA) is 102 Å². The van der Waals surface area contributed by atoms with Crippen LogP contribution in [-0.4, -0.2) is 46.3 Å². The van der Waals surface area contributed by atoms with Gasteiger partial charge < -0.3 is 14.8 Å². The molecule has 0 aliphatic heterocycles. The number of sulfonamides is 1. The predicted octanol–water partition coefficient (Wildman–Crippen LogP) is 3.36. The number of aryl methyl sites for hydroxylation is 1. The summed E-state index contributed by atoms with van der Waals surface area (Å²) >= 11 is 0. The van der Waals surface area contributed by atoms with Crippen LogP contribution in [0.2, 0.25) is 0 Å². The molecule has 1 amide bonds. The number of carbonyl (C=O) groups excluding carboxylic acids is 2. The first-order valence-electron chi connectivity index (χ1n) is 9.84. The zero-order valence-electron chi connectivity index (χ0n) is 18.3. The van der Waals surface area contributed by atoms with Gasteiger partial charge >= 0.3 is 5.97 Å². The van der Waals surface area contributed by atoms with Gasteiger partial charge in [0.2, 0.25) is 15.9 Å². The lowest BCUT2D eigenvalue weighted by Gasteiger charge is -2.30. The molecule has 9 heteroatoms. The SMILES string of the molecule is CCOC(=O)c1ccc(NC(=O)[C@H](CC)N(c2cccc(OC)c2)S(C)(=O)=O)c(C)c1. The molecule has 0 saturated heterocycles. The minimum absolute atomic E-state index is 0.246. The Morgan fingerprint density at radius 3 is 2.39 bits per heavy atom. The summed E-state index contributed by atoms with van der Waals surface area (Å²) in [6, 6.07) is 10.3. The van der Waals surface area contributed by atoms with Crippen molar-refractivity contribution in [1.82, 2.24) is 0 Å². The summed E-state index contributed by atoms with van der Waals surface area (Å²) in [5.41, 5.74) is 1.84. The molecule has 2 rings (SSSR count). The second-order valence-corrected chi connectivity index (χ2v) is 8.78. The Labute approximate surface area is 183 Å². The first-order chi connectivity index (χ1) is 14.6. The lowest BCUT2D eigenvalue weighted by molar-refractivity contribution is -0.117. The van der Waals surface area contributed by atoms with E-state index in [0.29, 0.717) is 28.3 Å². The Hall–Kier alpha value is -3.07. The summed E-state index contributed by atoms with van der Waals surface area (Å²) in [6.45, 7) is 5.47. The minimum atomic E-state index is -3.77. The molecule has 1 N–H and O–H groups in total. The average Bonchev–Trinajstić information content (AvgIpc) is 2.72. The number of methoxy groups -OCH3 is 1. The van der Waals surface area contributed by atoms with Gasteiger partial charge in [-0.1, -0.05) is 13.0 Å². The van der Waals surface area contributed by atoms with Gasteiger partial charge in [0, 0.05) is 11.8 Å². The van der Waals surface area contributed by atoms with Crippen molar-refractivity contribution in [3.8, 4) is 5.75 Å². The Bertz CT molecular complexity index is 1050. The Morgan fingerprint density at radius 1 is 1.13 bits per heavy atom. The normalized spacial score (nSPS) is 12.0. The highest BCUT2D eigenvalue weighted by Gasteiger charge is 2.32. The van der Waals surface area contributed by atoms with Crippen LogP contribution in [0.3, 0.4) is 0 Å². The first-order valence-corrected chi connectivity index (χ1v) is 11.7. The second kappa shape index (κ2) is 10.3. The largest absolute Gasteiger partial charge is 0.497 e. The highest BCUT2D eigenvalue weighted by molar-refractivity contribution is 7.92. The van der Waals surface area contributed by atoms with Crippen LogP contribution in [-0.2, 0) is 19.6 Å². The van der Waals surface area contributed by atoms with E-state index < -0.39 is 27.9 Å². The van der Waals surface area contributed by atoms with Crippen molar-refractivity contribution in [2.24, 2.45) is 0 Å². The molecule has 2 aromatic rings. The number of benzene rings is 2. The fraction of sp³-hybridized carbons (Fsp3) is 0.364. The van der Waals surface area contributed by atoms with E-state index in [2.05, 4.69) is 5.32 Å². The fourth-order valence-corrected chi connectivity index (χ4v) is 4.37. The van der Waals surface area contributed by atoms with Crippen molar-refractivity contribution >= 4 is 33.3 Å². The van der Waals surface area contributed by atoms with Gasteiger partial charge in [0.25, 0.3) is 0 Å². The number of nitrogens with zero attached hydrogens (tertiary/aromatic N) is 1. The van der Waals surface area contributed by atoms with Crippen LogP contribution in [0, 0.1) is 6.92 Å². The van der Waals surface area contributed by atoms with Crippen molar-refractivity contribution in [3.05, 3.63) is 53.6 Å². The number of rotatable bonds is 9. The zero-order chi connectivity index (χ0) is 23.2. The highest BCUT2D eigenvalue weighted by atomic mass is 32.2. The van der Waals surface area contributed by atoms with Crippen molar-refractivity contribution in [2.45, 2.75) is 33.2 Å². The number of esters is 1. The summed E-state index contributed by atoms with van der Waals surface area (Å²) in [5.74, 6) is -0.453. The van der Waals surface area contributed by atoms with Gasteiger partial charge in [-0.15, -0.1) is 0 Å². The summed E-state index contributed by atoms with van der Waals surface area (Å²) in [6.07, 6.45) is 1.30. The van der Waals surface area contributed by atoms with Crippen LogP contribution in [0.4, 0.5) is 11.4 Å². The molecule has 0 saturated carbocycles. The molecule has 0 aliphatic carbocycles. The number of carbonyl (C=O) groups is 2. The molecular formula is C22H28N2O6S. The van der Waals surface area contributed by atoms with E-state index in [0.717, 1.165) is 10.6 Å². The van der Waals surface area contributed by atoms with E-state index in [1.54, 1.807) is 63.2 Å². The molecule has 0 unspecified atom stereocenters. The number of hydrogen-bond acceptors (Lipinski definition) is 6. The molecular weight excluding hydrogens is 420 g/mol. The smallest absolute Gasteiger partial charge is 0.338 e. The molecule has 0 aliphatic rings. The summed E-state index contributed by atoms with van der Waals surface area (Å²) < 4.78 is 36.4. The molecule has 31 heavy (non-hydrogen) atoms. The molecule has 0 radical (unpaired) electrons. The van der Waals surface area contributed by atoms with Crippen molar-refractivity contribution in [3.63, 3.8) is 0 Å².